The molecule has 2 aromatic heterocycles. The van der Waals surface area contributed by atoms with Crippen molar-refractivity contribution in [1.82, 2.24) is 19.4 Å². The van der Waals surface area contributed by atoms with Crippen molar-refractivity contribution < 1.29 is 19.1 Å². The maximum absolute atomic E-state index is 12.9. The van der Waals surface area contributed by atoms with Crippen molar-refractivity contribution in [2.75, 3.05) is 24.5 Å². The molecule has 1 aliphatic heterocycles. The third kappa shape index (κ3) is 5.69. The van der Waals surface area contributed by atoms with Crippen LogP contribution in [-0.2, 0) is 16.1 Å². The summed E-state index contributed by atoms with van der Waals surface area (Å²) in [6, 6.07) is 12.8. The van der Waals surface area contributed by atoms with Gasteiger partial charge < -0.3 is 19.3 Å². The van der Waals surface area contributed by atoms with Gasteiger partial charge in [0.2, 0.25) is 5.28 Å². The van der Waals surface area contributed by atoms with E-state index in [-0.39, 0.29) is 18.3 Å². The number of benzene rings is 1. The smallest absolute Gasteiger partial charge is 0.419 e. The molecular weight excluding hydrogens is 484 g/mol. The van der Waals surface area contributed by atoms with Crippen LogP contribution in [0.2, 0.25) is 5.28 Å². The third-order valence-corrected chi connectivity index (χ3v) is 5.80. The quantitative estimate of drug-likeness (QED) is 0.467. The fraction of sp³-hybridized carbons (Fsp3) is 0.400. The highest BCUT2D eigenvalue weighted by Crippen LogP contribution is 2.30. The van der Waals surface area contributed by atoms with Crippen molar-refractivity contribution in [3.8, 4) is 6.07 Å². The first-order chi connectivity index (χ1) is 17.2. The van der Waals surface area contributed by atoms with E-state index < -0.39 is 23.8 Å². The minimum atomic E-state index is -0.690. The molecule has 0 aliphatic carbocycles. The van der Waals surface area contributed by atoms with E-state index in [1.807, 2.05) is 35.2 Å². The predicted molar refractivity (Wildman–Crippen MR) is 134 cm³/mol. The fourth-order valence-electron chi connectivity index (χ4n) is 4.05. The average Bonchev–Trinajstić information content (AvgIpc) is 3.26. The molecule has 1 atom stereocenters. The summed E-state index contributed by atoms with van der Waals surface area (Å²) in [6.45, 7) is 6.50. The highest BCUT2D eigenvalue weighted by molar-refractivity contribution is 6.28. The van der Waals surface area contributed by atoms with Crippen LogP contribution in [0.25, 0.3) is 11.0 Å². The number of fused-ring (bicyclic) bond motifs is 1. The Morgan fingerprint density at radius 2 is 1.89 bits per heavy atom. The highest BCUT2D eigenvalue weighted by Gasteiger charge is 2.34. The Balaban J connectivity index is 1.58. The molecule has 1 aliphatic rings. The zero-order chi connectivity index (χ0) is 25.9. The molecule has 36 heavy (non-hydrogen) atoms. The Morgan fingerprint density at radius 3 is 2.58 bits per heavy atom. The van der Waals surface area contributed by atoms with Crippen LogP contribution in [-0.4, -0.2) is 62.9 Å². The Bertz CT molecular complexity index is 1300. The standard InChI is InChI=1S/C25H27ClN6O4/c1-25(2,3)36-24(34)32-12-10-19-20(32)21(29-22(26)28-19)30-13-14-31(18(15-30)9-11-27)23(33)35-16-17-7-5-4-6-8-17/h4-8,10,12,18H,9,13-16H2,1-3H3/t18-/m0/s1. The lowest BCUT2D eigenvalue weighted by Gasteiger charge is -2.40. The summed E-state index contributed by atoms with van der Waals surface area (Å²) >= 11 is 6.20. The van der Waals surface area contributed by atoms with E-state index in [1.165, 1.54) is 4.57 Å². The van der Waals surface area contributed by atoms with Gasteiger partial charge in [0.1, 0.15) is 17.7 Å². The molecule has 0 radical (unpaired) electrons. The molecule has 1 saturated heterocycles. The van der Waals surface area contributed by atoms with Gasteiger partial charge in [-0.25, -0.2) is 19.1 Å². The lowest BCUT2D eigenvalue weighted by Crippen LogP contribution is -2.55. The summed E-state index contributed by atoms with van der Waals surface area (Å²) in [5, 5.41) is 9.46. The van der Waals surface area contributed by atoms with E-state index in [0.717, 1.165) is 5.56 Å². The molecule has 0 saturated carbocycles. The number of hydrogen-bond acceptors (Lipinski definition) is 8. The van der Waals surface area contributed by atoms with Crippen LogP contribution in [0.5, 0.6) is 0 Å². The number of nitrogens with zero attached hydrogens (tertiary/aromatic N) is 6. The van der Waals surface area contributed by atoms with Gasteiger partial charge in [0.15, 0.2) is 5.82 Å². The zero-order valence-electron chi connectivity index (χ0n) is 20.3. The molecule has 4 rings (SSSR count). The number of piperazine rings is 1. The van der Waals surface area contributed by atoms with Crippen LogP contribution in [0.3, 0.4) is 0 Å². The monoisotopic (exact) mass is 510 g/mol. The molecule has 3 heterocycles. The number of carbonyl (C=O) groups is 2. The summed E-state index contributed by atoms with van der Waals surface area (Å²) < 4.78 is 12.4. The van der Waals surface area contributed by atoms with Crippen molar-refractivity contribution >= 4 is 40.6 Å². The fourth-order valence-corrected chi connectivity index (χ4v) is 4.22. The third-order valence-electron chi connectivity index (χ3n) is 5.63. The highest BCUT2D eigenvalue weighted by atomic mass is 35.5. The first kappa shape index (κ1) is 25.3. The Kier molecular flexibility index (Phi) is 7.31. The van der Waals surface area contributed by atoms with E-state index in [9.17, 15) is 14.9 Å². The number of ether oxygens (including phenoxy) is 2. The van der Waals surface area contributed by atoms with Crippen molar-refractivity contribution in [2.24, 2.45) is 0 Å². The molecule has 1 fully saturated rings. The SMILES string of the molecule is CC(C)(C)OC(=O)n1ccc2nc(Cl)nc(N3CCN(C(=O)OCc4ccccc4)[C@@H](CC#N)C3)c21. The predicted octanol–water partition coefficient (Wildman–Crippen LogP) is 4.61. The first-order valence-corrected chi connectivity index (χ1v) is 11.9. The van der Waals surface area contributed by atoms with Crippen LogP contribution in [0.15, 0.2) is 42.6 Å². The summed E-state index contributed by atoms with van der Waals surface area (Å²) in [6.07, 6.45) is 0.617. The number of amides is 1. The number of carbonyl (C=O) groups excluding carboxylic acids is 2. The summed E-state index contributed by atoms with van der Waals surface area (Å²) in [5.41, 5.74) is 1.12. The molecule has 1 aromatic carbocycles. The largest absolute Gasteiger partial charge is 0.445 e. The van der Waals surface area contributed by atoms with Crippen molar-refractivity contribution in [1.29, 1.82) is 5.26 Å². The second-order valence-corrected chi connectivity index (χ2v) is 9.75. The van der Waals surface area contributed by atoms with E-state index >= 15 is 0 Å². The van der Waals surface area contributed by atoms with Crippen molar-refractivity contribution in [3.05, 3.63) is 53.4 Å². The van der Waals surface area contributed by atoms with Gasteiger partial charge >= 0.3 is 12.2 Å². The Labute approximate surface area is 214 Å². The second-order valence-electron chi connectivity index (χ2n) is 9.41. The number of halogens is 1. The molecule has 0 bridgehead atoms. The lowest BCUT2D eigenvalue weighted by atomic mass is 10.1. The topological polar surface area (TPSA) is 114 Å². The molecule has 11 heteroatoms. The van der Waals surface area contributed by atoms with E-state index in [2.05, 4.69) is 16.0 Å². The average molecular weight is 511 g/mol. The first-order valence-electron chi connectivity index (χ1n) is 11.5. The van der Waals surface area contributed by atoms with Gasteiger partial charge in [-0.15, -0.1) is 0 Å². The molecule has 3 aromatic rings. The molecule has 0 spiro atoms. The maximum atomic E-state index is 12.9. The van der Waals surface area contributed by atoms with E-state index in [1.54, 1.807) is 37.9 Å². The number of aromatic nitrogens is 3. The van der Waals surface area contributed by atoms with Crippen LogP contribution >= 0.6 is 11.6 Å². The summed E-state index contributed by atoms with van der Waals surface area (Å²) in [5.74, 6) is 0.432. The summed E-state index contributed by atoms with van der Waals surface area (Å²) in [7, 11) is 0. The van der Waals surface area contributed by atoms with Crippen molar-refractivity contribution in [3.63, 3.8) is 0 Å². The van der Waals surface area contributed by atoms with Crippen LogP contribution in [0.1, 0.15) is 32.8 Å². The normalized spacial score (nSPS) is 16.0. The van der Waals surface area contributed by atoms with Crippen LogP contribution in [0, 0.1) is 11.3 Å². The summed E-state index contributed by atoms with van der Waals surface area (Å²) in [4.78, 5) is 37.9. The molecule has 0 N–H and O–H groups in total. The van der Waals surface area contributed by atoms with Gasteiger partial charge in [-0.3, -0.25) is 0 Å². The minimum absolute atomic E-state index is 0.0287. The van der Waals surface area contributed by atoms with Gasteiger partial charge in [-0.2, -0.15) is 10.2 Å². The van der Waals surface area contributed by atoms with Gasteiger partial charge in [0.05, 0.1) is 24.0 Å². The zero-order valence-corrected chi connectivity index (χ0v) is 21.1. The molecular formula is C25H27ClN6O4. The molecule has 10 nitrogen and oxygen atoms in total. The van der Waals surface area contributed by atoms with Gasteiger partial charge in [-0.05, 0) is 44.0 Å². The van der Waals surface area contributed by atoms with Gasteiger partial charge in [0, 0.05) is 25.8 Å². The maximum Gasteiger partial charge on any atom is 0.419 e. The molecule has 188 valence electrons. The molecule has 1 amide bonds. The van der Waals surface area contributed by atoms with Gasteiger partial charge in [0.25, 0.3) is 0 Å². The minimum Gasteiger partial charge on any atom is -0.445 e. The number of nitriles is 1. The Morgan fingerprint density at radius 1 is 1.14 bits per heavy atom. The number of hydrogen-bond donors (Lipinski definition) is 0. The van der Waals surface area contributed by atoms with E-state index in [0.29, 0.717) is 36.5 Å². The lowest BCUT2D eigenvalue weighted by molar-refractivity contribution is 0.0544. The van der Waals surface area contributed by atoms with Gasteiger partial charge in [-0.1, -0.05) is 30.3 Å². The van der Waals surface area contributed by atoms with Crippen LogP contribution < -0.4 is 4.90 Å². The van der Waals surface area contributed by atoms with Crippen molar-refractivity contribution in [2.45, 2.75) is 45.4 Å². The number of anilines is 1. The van der Waals surface area contributed by atoms with E-state index in [4.69, 9.17) is 21.1 Å². The van der Waals surface area contributed by atoms with Crippen LogP contribution in [0.4, 0.5) is 15.4 Å². The molecule has 0 unspecified atom stereocenters. The number of rotatable bonds is 4. The Hall–Kier alpha value is -3.84. The second kappa shape index (κ2) is 10.4.